The van der Waals surface area contributed by atoms with Gasteiger partial charge in [0, 0.05) is 29.1 Å². The Kier molecular flexibility index (Phi) is 13.4. The number of fused-ring (bicyclic) bond motifs is 15. The van der Waals surface area contributed by atoms with E-state index in [-0.39, 0.29) is 101 Å². The summed E-state index contributed by atoms with van der Waals surface area (Å²) >= 11 is 0. The minimum atomic E-state index is -0.420. The molecule has 0 saturated heterocycles. The Morgan fingerprint density at radius 1 is 0.500 bits per heavy atom. The molecule has 0 amide bonds. The van der Waals surface area contributed by atoms with Crippen molar-refractivity contribution in [3.8, 4) is 5.75 Å². The Hall–Kier alpha value is -4.08. The summed E-state index contributed by atoms with van der Waals surface area (Å²) in [4.78, 5) is 78.5. The third kappa shape index (κ3) is 8.56. The monoisotopic (exact) mass is 1040 g/mol. The number of carbonyl (C=O) groups is 6. The molecule has 8 fully saturated rings. The zero-order chi connectivity index (χ0) is 53.3. The van der Waals surface area contributed by atoms with E-state index in [0.29, 0.717) is 83.7 Å². The standard InChI is InChI=1S/C66H88O10/c1-37-32-40-35-42(67)22-27-62(40,3)51-25-30-65(6)49(60(37)51)13-16-54(65)75-57(70)19-18-56(69)73-44-9-11-45-39(34-44)8-10-47-46(45)24-29-64(5)48(47)12-15-53(64)74-58(71)20-21-59(72)76-55-17-14-50-61-38(2)33-41-36-43(68)23-28-63(41,4)52(61)26-31-66(50,55)7/h9,11,34-38,46-55,60-61H,8,10,12-33H2,1-7H3/t37-,38-,46?,47?,48?,49?,50?,51?,52?,53+,54+,55+,60?,61?,62+,63+,64+,65+,66+/m1/s1. The van der Waals surface area contributed by atoms with Gasteiger partial charge >= 0.3 is 23.9 Å². The average molecular weight is 1040 g/mol. The van der Waals surface area contributed by atoms with Crippen LogP contribution in [0.3, 0.4) is 0 Å². The number of benzene rings is 1. The number of esters is 4. The number of ether oxygens (including phenoxy) is 4. The molecular weight excluding hydrogens is 953 g/mol. The minimum Gasteiger partial charge on any atom is -0.462 e. The van der Waals surface area contributed by atoms with Crippen molar-refractivity contribution < 1.29 is 47.7 Å². The largest absolute Gasteiger partial charge is 0.462 e. The molecule has 10 heteroatoms. The first-order chi connectivity index (χ1) is 36.2. The molecule has 11 aliphatic rings. The number of carbonyl (C=O) groups excluding carboxylic acids is 6. The van der Waals surface area contributed by atoms with E-state index in [1.54, 1.807) is 0 Å². The Bertz CT molecular complexity index is 2630. The number of rotatable bonds is 10. The van der Waals surface area contributed by atoms with Crippen LogP contribution in [0.1, 0.15) is 213 Å². The zero-order valence-corrected chi connectivity index (χ0v) is 47.0. The molecule has 10 nitrogen and oxygen atoms in total. The normalized spacial score (nSPS) is 44.6. The number of aryl methyl sites for hydroxylation is 1. The number of allylic oxidation sites excluding steroid dienone is 2. The molecule has 0 heterocycles. The summed E-state index contributed by atoms with van der Waals surface area (Å²) in [6, 6.07) is 6.11. The third-order valence-corrected chi connectivity index (χ3v) is 25.2. The van der Waals surface area contributed by atoms with Gasteiger partial charge in [0.2, 0.25) is 0 Å². The summed E-state index contributed by atoms with van der Waals surface area (Å²) in [5.41, 5.74) is 5.26. The van der Waals surface area contributed by atoms with Gasteiger partial charge in [-0.1, -0.05) is 65.7 Å². The first-order valence-corrected chi connectivity index (χ1v) is 30.6. The van der Waals surface area contributed by atoms with E-state index in [1.807, 2.05) is 24.3 Å². The van der Waals surface area contributed by atoms with E-state index in [2.05, 4.69) is 54.5 Å². The van der Waals surface area contributed by atoms with Gasteiger partial charge in [0.1, 0.15) is 24.1 Å². The lowest BCUT2D eigenvalue weighted by molar-refractivity contribution is -0.166. The van der Waals surface area contributed by atoms with Crippen molar-refractivity contribution in [2.75, 3.05) is 0 Å². The molecule has 0 aliphatic heterocycles. The summed E-state index contributed by atoms with van der Waals surface area (Å²) in [5, 5.41) is 0. The summed E-state index contributed by atoms with van der Waals surface area (Å²) in [5.74, 6) is 5.35. The fraction of sp³-hybridized carbons (Fsp3) is 0.758. The Balaban J connectivity index is 0.594. The van der Waals surface area contributed by atoms with Gasteiger partial charge in [0.25, 0.3) is 0 Å². The third-order valence-electron chi connectivity index (χ3n) is 25.2. The van der Waals surface area contributed by atoms with Gasteiger partial charge in [0.05, 0.1) is 25.7 Å². The van der Waals surface area contributed by atoms with Crippen LogP contribution in [0, 0.1) is 86.3 Å². The van der Waals surface area contributed by atoms with Crippen LogP contribution in [0.25, 0.3) is 0 Å². The van der Waals surface area contributed by atoms with Crippen molar-refractivity contribution >= 4 is 35.4 Å². The molecule has 0 radical (unpaired) electrons. The van der Waals surface area contributed by atoms with E-state index in [1.165, 1.54) is 22.3 Å². The predicted octanol–water partition coefficient (Wildman–Crippen LogP) is 13.3. The lowest BCUT2D eigenvalue weighted by Gasteiger charge is -2.59. The number of hydrogen-bond acceptors (Lipinski definition) is 10. The number of ketones is 2. The lowest BCUT2D eigenvalue weighted by Crippen LogP contribution is -2.54. The smallest absolute Gasteiger partial charge is 0.311 e. The lowest BCUT2D eigenvalue weighted by atomic mass is 9.45. The van der Waals surface area contributed by atoms with Gasteiger partial charge < -0.3 is 18.9 Å². The van der Waals surface area contributed by atoms with Gasteiger partial charge in [0.15, 0.2) is 11.6 Å². The fourth-order valence-electron chi connectivity index (χ4n) is 21.1. The molecular formula is C66H88O10. The van der Waals surface area contributed by atoms with Crippen LogP contribution in [0.5, 0.6) is 5.75 Å². The van der Waals surface area contributed by atoms with Crippen LogP contribution < -0.4 is 4.74 Å². The second-order valence-electron chi connectivity index (χ2n) is 28.6. The summed E-state index contributed by atoms with van der Waals surface area (Å²) < 4.78 is 24.8. The van der Waals surface area contributed by atoms with E-state index in [9.17, 15) is 28.8 Å². The van der Waals surface area contributed by atoms with Gasteiger partial charge in [-0.3, -0.25) is 28.8 Å². The molecule has 1 aromatic rings. The minimum absolute atomic E-state index is 0.00277. The molecule has 0 aromatic heterocycles. The first kappa shape index (κ1) is 52.6. The average Bonchev–Trinajstić information content (AvgIpc) is 4.05. The van der Waals surface area contributed by atoms with E-state index >= 15 is 0 Å². The Labute approximate surface area is 452 Å². The zero-order valence-electron chi connectivity index (χ0n) is 47.0. The van der Waals surface area contributed by atoms with Crippen LogP contribution in [0.4, 0.5) is 0 Å². The Morgan fingerprint density at radius 3 is 1.45 bits per heavy atom. The fourth-order valence-corrected chi connectivity index (χ4v) is 21.1. The van der Waals surface area contributed by atoms with Gasteiger partial charge in [-0.05, 0) is 227 Å². The van der Waals surface area contributed by atoms with Crippen LogP contribution in [-0.4, -0.2) is 53.8 Å². The summed E-state index contributed by atoms with van der Waals surface area (Å²) in [6.45, 7) is 16.6. The van der Waals surface area contributed by atoms with Crippen molar-refractivity contribution in [1.82, 2.24) is 0 Å². The van der Waals surface area contributed by atoms with Gasteiger partial charge in [-0.15, -0.1) is 0 Å². The van der Waals surface area contributed by atoms with Crippen LogP contribution in [0.2, 0.25) is 0 Å². The molecule has 12 rings (SSSR count). The number of hydrogen-bond donors (Lipinski definition) is 0. The molecule has 412 valence electrons. The SMILES string of the molecule is C[C@@H]1CC2=CC(=O)CC[C@]2(C)C2CC[C@@]3(C)C(CC[C@@H]3OC(=O)CCC(=O)Oc3ccc4c(c3)CCC3C4CC[C@@]4(C)C3CC[C@@H]4OC(=O)CCC(=O)O[C@H]3CCC4C5C(CC[C@@]43C)[C@@]3(C)CCC(=O)C=C3C[C@H]5C)C21. The second kappa shape index (κ2) is 19.3. The highest BCUT2D eigenvalue weighted by Crippen LogP contribution is 2.69. The molecule has 19 atom stereocenters. The molecule has 11 aliphatic carbocycles. The topological polar surface area (TPSA) is 139 Å². The van der Waals surface area contributed by atoms with E-state index in [4.69, 9.17) is 18.9 Å². The molecule has 9 unspecified atom stereocenters. The van der Waals surface area contributed by atoms with E-state index < -0.39 is 5.97 Å². The second-order valence-corrected chi connectivity index (χ2v) is 28.6. The Morgan fingerprint density at radius 2 is 0.947 bits per heavy atom. The molecule has 8 saturated carbocycles. The van der Waals surface area contributed by atoms with Crippen molar-refractivity contribution in [2.45, 2.75) is 227 Å². The van der Waals surface area contributed by atoms with Gasteiger partial charge in [-0.25, -0.2) is 0 Å². The van der Waals surface area contributed by atoms with E-state index in [0.717, 1.165) is 116 Å². The van der Waals surface area contributed by atoms with Crippen molar-refractivity contribution in [1.29, 1.82) is 0 Å². The molecule has 0 bridgehead atoms. The highest BCUT2D eigenvalue weighted by Gasteiger charge is 2.64. The van der Waals surface area contributed by atoms with Crippen molar-refractivity contribution in [3.63, 3.8) is 0 Å². The predicted molar refractivity (Wildman–Crippen MR) is 287 cm³/mol. The van der Waals surface area contributed by atoms with Crippen molar-refractivity contribution in [2.24, 2.45) is 86.3 Å². The summed E-state index contributed by atoms with van der Waals surface area (Å²) in [7, 11) is 0. The maximum absolute atomic E-state index is 13.5. The molecule has 0 spiro atoms. The van der Waals surface area contributed by atoms with Crippen LogP contribution in [-0.2, 0) is 49.4 Å². The van der Waals surface area contributed by atoms with Gasteiger partial charge in [-0.2, -0.15) is 0 Å². The molecule has 76 heavy (non-hydrogen) atoms. The highest BCUT2D eigenvalue weighted by molar-refractivity contribution is 5.92. The highest BCUT2D eigenvalue weighted by atomic mass is 16.6. The molecule has 1 aromatic carbocycles. The quantitative estimate of drug-likeness (QED) is 0.126. The van der Waals surface area contributed by atoms with Crippen LogP contribution >= 0.6 is 0 Å². The summed E-state index contributed by atoms with van der Waals surface area (Å²) in [6.07, 6.45) is 22.7. The maximum Gasteiger partial charge on any atom is 0.311 e. The maximum atomic E-state index is 13.5. The van der Waals surface area contributed by atoms with Crippen LogP contribution in [0.15, 0.2) is 41.5 Å². The van der Waals surface area contributed by atoms with Crippen molar-refractivity contribution in [3.05, 3.63) is 52.6 Å². The first-order valence-electron chi connectivity index (χ1n) is 30.6. The molecule has 0 N–H and O–H groups in total.